The molecule has 0 aromatic heterocycles. The van der Waals surface area contributed by atoms with Crippen LogP contribution in [0.15, 0.2) is 57.9 Å². The van der Waals surface area contributed by atoms with Crippen LogP contribution in [0.1, 0.15) is 10.4 Å². The fraction of sp³-hybridized carbons (Fsp3) is 0.0714. The number of carbonyl (C=O) groups excluding carboxylic acids is 1. The maximum atomic E-state index is 12.8. The molecule has 0 bridgehead atoms. The molecule has 0 unspecified atom stereocenters. The van der Waals surface area contributed by atoms with Gasteiger partial charge >= 0.3 is 0 Å². The number of halogens is 2. The predicted molar refractivity (Wildman–Crippen MR) is 76.9 cm³/mol. The van der Waals surface area contributed by atoms with Gasteiger partial charge in [-0.2, -0.15) is 0 Å². The van der Waals surface area contributed by atoms with E-state index in [2.05, 4.69) is 15.9 Å². The van der Waals surface area contributed by atoms with Crippen molar-refractivity contribution in [2.24, 2.45) is 0 Å². The van der Waals surface area contributed by atoms with Crippen molar-refractivity contribution in [3.8, 4) is 0 Å². The van der Waals surface area contributed by atoms with Gasteiger partial charge in [0.1, 0.15) is 11.6 Å². The van der Waals surface area contributed by atoms with E-state index in [1.807, 2.05) is 0 Å². The summed E-state index contributed by atoms with van der Waals surface area (Å²) in [7, 11) is -3.74. The van der Waals surface area contributed by atoms with Crippen molar-refractivity contribution in [3.63, 3.8) is 0 Å². The quantitative estimate of drug-likeness (QED) is 0.790. The van der Waals surface area contributed by atoms with Crippen molar-refractivity contribution in [1.82, 2.24) is 0 Å². The summed E-state index contributed by atoms with van der Waals surface area (Å²) in [5, 5.41) is 0. The van der Waals surface area contributed by atoms with Crippen LogP contribution in [0.25, 0.3) is 0 Å². The smallest absolute Gasteiger partial charge is 0.186 e. The standard InChI is InChI=1S/C14H10BrFO3S/c15-12-3-1-2-4-14(12)20(18,19)9-13(17)10-5-7-11(16)8-6-10/h1-8H,9H2. The molecule has 0 aliphatic carbocycles. The Hall–Kier alpha value is -1.53. The summed E-state index contributed by atoms with van der Waals surface area (Å²) in [5.74, 6) is -1.70. The highest BCUT2D eigenvalue weighted by atomic mass is 79.9. The first kappa shape index (κ1) is 14.9. The average molecular weight is 357 g/mol. The highest BCUT2D eigenvalue weighted by Crippen LogP contribution is 2.23. The monoisotopic (exact) mass is 356 g/mol. The molecule has 0 aliphatic rings. The number of hydrogen-bond acceptors (Lipinski definition) is 3. The summed E-state index contributed by atoms with van der Waals surface area (Å²) in [6.07, 6.45) is 0. The molecule has 0 aliphatic heterocycles. The van der Waals surface area contributed by atoms with E-state index in [0.717, 1.165) is 12.1 Å². The fourth-order valence-electron chi connectivity index (χ4n) is 1.67. The predicted octanol–water partition coefficient (Wildman–Crippen LogP) is 3.24. The second-order valence-electron chi connectivity index (χ2n) is 4.12. The van der Waals surface area contributed by atoms with Gasteiger partial charge in [0.2, 0.25) is 0 Å². The summed E-state index contributed by atoms with van der Waals surface area (Å²) >= 11 is 3.15. The molecule has 104 valence electrons. The van der Waals surface area contributed by atoms with Gasteiger partial charge in [0.05, 0.1) is 4.90 Å². The molecule has 3 nitrogen and oxygen atoms in total. The van der Waals surface area contributed by atoms with Crippen molar-refractivity contribution in [1.29, 1.82) is 0 Å². The Balaban J connectivity index is 2.27. The first-order chi connectivity index (χ1) is 9.40. The molecule has 0 atom stereocenters. The number of hydrogen-bond donors (Lipinski definition) is 0. The van der Waals surface area contributed by atoms with Gasteiger partial charge in [-0.1, -0.05) is 12.1 Å². The van der Waals surface area contributed by atoms with Crippen LogP contribution in [0.4, 0.5) is 4.39 Å². The first-order valence-corrected chi connectivity index (χ1v) is 8.11. The maximum absolute atomic E-state index is 12.8. The van der Waals surface area contributed by atoms with Gasteiger partial charge in [-0.3, -0.25) is 4.79 Å². The minimum absolute atomic E-state index is 0.0652. The minimum Gasteiger partial charge on any atom is -0.293 e. The highest BCUT2D eigenvalue weighted by molar-refractivity contribution is 9.10. The van der Waals surface area contributed by atoms with E-state index < -0.39 is 27.2 Å². The van der Waals surface area contributed by atoms with Crippen molar-refractivity contribution < 1.29 is 17.6 Å². The lowest BCUT2D eigenvalue weighted by atomic mass is 10.1. The Morgan fingerprint density at radius 3 is 2.25 bits per heavy atom. The van der Waals surface area contributed by atoms with Crippen LogP contribution in [0.2, 0.25) is 0 Å². The summed E-state index contributed by atoms with van der Waals surface area (Å²) in [6, 6.07) is 11.1. The van der Waals surface area contributed by atoms with E-state index in [1.54, 1.807) is 18.2 Å². The largest absolute Gasteiger partial charge is 0.293 e. The maximum Gasteiger partial charge on any atom is 0.186 e. The summed E-state index contributed by atoms with van der Waals surface area (Å²) in [5.41, 5.74) is 0.169. The molecule has 0 radical (unpaired) electrons. The third-order valence-corrected chi connectivity index (χ3v) is 5.28. The Morgan fingerprint density at radius 2 is 1.65 bits per heavy atom. The van der Waals surface area contributed by atoms with Crippen LogP contribution in [-0.2, 0) is 9.84 Å². The molecular formula is C14H10BrFO3S. The number of rotatable bonds is 4. The molecule has 0 saturated carbocycles. The normalized spacial score (nSPS) is 11.3. The third kappa shape index (κ3) is 3.32. The van der Waals surface area contributed by atoms with Gasteiger partial charge < -0.3 is 0 Å². The van der Waals surface area contributed by atoms with Gasteiger partial charge in [0.25, 0.3) is 0 Å². The molecule has 0 heterocycles. The minimum atomic E-state index is -3.74. The van der Waals surface area contributed by atoms with Crippen LogP contribution in [0.5, 0.6) is 0 Å². The Bertz CT molecular complexity index is 739. The lowest BCUT2D eigenvalue weighted by Crippen LogP contribution is -2.16. The average Bonchev–Trinajstić information content (AvgIpc) is 2.39. The van der Waals surface area contributed by atoms with E-state index >= 15 is 0 Å². The van der Waals surface area contributed by atoms with Crippen LogP contribution < -0.4 is 0 Å². The number of benzene rings is 2. The fourth-order valence-corrected chi connectivity index (χ4v) is 4.01. The van der Waals surface area contributed by atoms with Crippen LogP contribution in [0.3, 0.4) is 0 Å². The molecule has 0 fully saturated rings. The molecule has 2 aromatic rings. The first-order valence-electron chi connectivity index (χ1n) is 5.66. The topological polar surface area (TPSA) is 51.2 Å². The van der Waals surface area contributed by atoms with Gasteiger partial charge in [-0.15, -0.1) is 0 Å². The number of sulfone groups is 1. The zero-order chi connectivity index (χ0) is 14.8. The van der Waals surface area contributed by atoms with Crippen molar-refractivity contribution in [3.05, 3.63) is 64.4 Å². The molecule has 0 amide bonds. The Labute approximate surface area is 124 Å². The van der Waals surface area contributed by atoms with Crippen LogP contribution >= 0.6 is 15.9 Å². The number of Topliss-reactive ketones (excluding diaryl/α,β-unsaturated/α-hetero) is 1. The van der Waals surface area contributed by atoms with Crippen LogP contribution in [-0.4, -0.2) is 20.0 Å². The van der Waals surface area contributed by atoms with Crippen molar-refractivity contribution in [2.75, 3.05) is 5.75 Å². The molecule has 6 heteroatoms. The van der Waals surface area contributed by atoms with E-state index in [0.29, 0.717) is 4.47 Å². The zero-order valence-corrected chi connectivity index (χ0v) is 12.6. The lowest BCUT2D eigenvalue weighted by Gasteiger charge is -2.06. The summed E-state index contributed by atoms with van der Waals surface area (Å²) < 4.78 is 37.5. The molecule has 0 N–H and O–H groups in total. The molecule has 2 rings (SSSR count). The Morgan fingerprint density at radius 1 is 1.05 bits per heavy atom. The summed E-state index contributed by atoms with van der Waals surface area (Å²) in [4.78, 5) is 12.0. The van der Waals surface area contributed by atoms with E-state index in [-0.39, 0.29) is 10.5 Å². The van der Waals surface area contributed by atoms with Crippen LogP contribution in [0, 0.1) is 5.82 Å². The van der Waals surface area contributed by atoms with E-state index in [4.69, 9.17) is 0 Å². The van der Waals surface area contributed by atoms with Gasteiger partial charge in [0, 0.05) is 10.0 Å². The number of carbonyl (C=O) groups is 1. The van der Waals surface area contributed by atoms with E-state index in [9.17, 15) is 17.6 Å². The second-order valence-corrected chi connectivity index (χ2v) is 6.93. The molecule has 0 spiro atoms. The van der Waals surface area contributed by atoms with Crippen molar-refractivity contribution in [2.45, 2.75) is 4.90 Å². The molecule has 20 heavy (non-hydrogen) atoms. The molecule has 0 saturated heterocycles. The third-order valence-electron chi connectivity index (χ3n) is 2.66. The summed E-state index contributed by atoms with van der Waals surface area (Å²) in [6.45, 7) is 0. The van der Waals surface area contributed by atoms with Gasteiger partial charge in [-0.05, 0) is 52.3 Å². The van der Waals surface area contributed by atoms with Crippen molar-refractivity contribution >= 4 is 31.6 Å². The second kappa shape index (κ2) is 5.85. The molecular weight excluding hydrogens is 347 g/mol. The lowest BCUT2D eigenvalue weighted by molar-refractivity contribution is 0.102. The zero-order valence-electron chi connectivity index (χ0n) is 10.2. The number of ketones is 1. The van der Waals surface area contributed by atoms with Gasteiger partial charge in [0.15, 0.2) is 15.6 Å². The van der Waals surface area contributed by atoms with Gasteiger partial charge in [-0.25, -0.2) is 12.8 Å². The van der Waals surface area contributed by atoms with E-state index in [1.165, 1.54) is 18.2 Å². The highest BCUT2D eigenvalue weighted by Gasteiger charge is 2.22. The Kier molecular flexibility index (Phi) is 4.35. The molecule has 2 aromatic carbocycles. The SMILES string of the molecule is O=C(CS(=O)(=O)c1ccccc1Br)c1ccc(F)cc1.